The third-order valence-electron chi connectivity index (χ3n) is 5.00. The van der Waals surface area contributed by atoms with Crippen molar-refractivity contribution >= 4 is 49.2 Å². The molecule has 0 aliphatic carbocycles. The minimum Gasteiger partial charge on any atom is -0.392 e. The average molecular weight is 455 g/mol. The quantitative estimate of drug-likeness (QED) is 0.542. The maximum Gasteiger partial charge on any atom is 0.327 e. The van der Waals surface area contributed by atoms with Crippen LogP contribution in [0.4, 0.5) is 0 Å². The van der Waals surface area contributed by atoms with Crippen LogP contribution in [0.3, 0.4) is 0 Å². The lowest BCUT2D eigenvalue weighted by Gasteiger charge is -2.40. The molecular formula is C19H30Cl3N3O3. The Kier molecular flexibility index (Phi) is 13.7. The van der Waals surface area contributed by atoms with Gasteiger partial charge in [-0.3, -0.25) is 19.4 Å². The van der Waals surface area contributed by atoms with Gasteiger partial charge < -0.3 is 10.1 Å². The summed E-state index contributed by atoms with van der Waals surface area (Å²) in [7, 11) is 0. The van der Waals surface area contributed by atoms with Crippen molar-refractivity contribution in [3.63, 3.8) is 0 Å². The molecule has 2 fully saturated rings. The third kappa shape index (κ3) is 8.64. The highest BCUT2D eigenvalue weighted by atomic mass is 35.5. The Labute approximate surface area is 185 Å². The summed E-state index contributed by atoms with van der Waals surface area (Å²) in [5.74, 6) is -0.930. The summed E-state index contributed by atoms with van der Waals surface area (Å²) in [6.45, 7) is 6.06. The lowest BCUT2D eigenvalue weighted by Crippen LogP contribution is -2.53. The number of hydrogen-bond donors (Lipinski definition) is 1. The van der Waals surface area contributed by atoms with E-state index in [0.29, 0.717) is 6.04 Å². The van der Waals surface area contributed by atoms with E-state index < -0.39 is 11.9 Å². The second-order valence-corrected chi connectivity index (χ2v) is 6.80. The molecule has 1 aromatic rings. The molecule has 0 atom stereocenters. The molecule has 9 heteroatoms. The van der Waals surface area contributed by atoms with Gasteiger partial charge in [0.1, 0.15) is 0 Å². The number of carbonyl (C=O) groups excluding carboxylic acids is 2. The zero-order valence-corrected chi connectivity index (χ0v) is 18.3. The predicted octanol–water partition coefficient (Wildman–Crippen LogP) is 1.93. The van der Waals surface area contributed by atoms with Crippen molar-refractivity contribution in [2.45, 2.75) is 25.3 Å². The van der Waals surface area contributed by atoms with Crippen molar-refractivity contribution in [3.05, 3.63) is 35.9 Å². The van der Waals surface area contributed by atoms with E-state index in [9.17, 15) is 9.59 Å². The summed E-state index contributed by atoms with van der Waals surface area (Å²) in [6, 6.07) is 10.0. The number of piperazine rings is 1. The molecule has 0 amide bonds. The van der Waals surface area contributed by atoms with Gasteiger partial charge in [0.2, 0.25) is 0 Å². The largest absolute Gasteiger partial charge is 0.392 e. The van der Waals surface area contributed by atoms with E-state index in [1.807, 2.05) is 30.3 Å². The molecule has 1 aromatic carbocycles. The number of carbonyl (C=O) groups is 2. The molecule has 0 spiro atoms. The lowest BCUT2D eigenvalue weighted by atomic mass is 10.0. The van der Waals surface area contributed by atoms with E-state index in [4.69, 9.17) is 4.74 Å². The normalized spacial score (nSPS) is 18.1. The van der Waals surface area contributed by atoms with E-state index >= 15 is 0 Å². The van der Waals surface area contributed by atoms with Crippen LogP contribution in [-0.4, -0.2) is 73.6 Å². The molecule has 0 saturated carbocycles. The van der Waals surface area contributed by atoms with Crippen molar-refractivity contribution < 1.29 is 14.3 Å². The van der Waals surface area contributed by atoms with E-state index in [1.54, 1.807) is 0 Å². The number of halogens is 3. The number of hydrogen-bond acceptors (Lipinski definition) is 6. The van der Waals surface area contributed by atoms with E-state index in [0.717, 1.165) is 44.8 Å². The van der Waals surface area contributed by atoms with Crippen LogP contribution >= 0.6 is 37.2 Å². The summed E-state index contributed by atoms with van der Waals surface area (Å²) in [5, 5.41) is 3.39. The Hall–Kier alpha value is -0.890. The van der Waals surface area contributed by atoms with Crippen LogP contribution in [0.1, 0.15) is 18.4 Å². The fraction of sp³-hybridized carbons (Fsp3) is 0.579. The molecule has 2 aliphatic heterocycles. The van der Waals surface area contributed by atoms with Gasteiger partial charge in [0, 0.05) is 32.2 Å². The van der Waals surface area contributed by atoms with Crippen LogP contribution in [0.5, 0.6) is 0 Å². The highest BCUT2D eigenvalue weighted by Gasteiger charge is 2.26. The summed E-state index contributed by atoms with van der Waals surface area (Å²) in [4.78, 5) is 28.4. The number of esters is 2. The SMILES string of the molecule is Cl.Cl.Cl.O=C(Cc1ccccc1)OC(=O)CN1CCN(C2CCNCC2)CC1. The first-order valence-corrected chi connectivity index (χ1v) is 9.15. The zero-order chi connectivity index (χ0) is 17.5. The first kappa shape index (κ1) is 27.1. The smallest absolute Gasteiger partial charge is 0.327 e. The number of benzene rings is 1. The van der Waals surface area contributed by atoms with Gasteiger partial charge in [-0.2, -0.15) is 0 Å². The van der Waals surface area contributed by atoms with Crippen molar-refractivity contribution in [2.24, 2.45) is 0 Å². The van der Waals surface area contributed by atoms with Gasteiger partial charge in [0.15, 0.2) is 0 Å². The maximum absolute atomic E-state index is 12.0. The van der Waals surface area contributed by atoms with Crippen LogP contribution in [0, 0.1) is 0 Å². The van der Waals surface area contributed by atoms with Crippen molar-refractivity contribution in [2.75, 3.05) is 45.8 Å². The number of nitrogens with one attached hydrogen (secondary N) is 1. The Bertz CT molecular complexity index is 578. The van der Waals surface area contributed by atoms with Gasteiger partial charge in [0.25, 0.3) is 0 Å². The van der Waals surface area contributed by atoms with Crippen LogP contribution in [-0.2, 0) is 20.7 Å². The topological polar surface area (TPSA) is 61.9 Å². The number of piperidine rings is 1. The van der Waals surface area contributed by atoms with Gasteiger partial charge >= 0.3 is 11.9 Å². The Balaban J connectivity index is 0.00000243. The fourth-order valence-corrected chi connectivity index (χ4v) is 3.60. The zero-order valence-electron chi connectivity index (χ0n) is 15.9. The van der Waals surface area contributed by atoms with Gasteiger partial charge in [-0.1, -0.05) is 30.3 Å². The number of ether oxygens (including phenoxy) is 1. The van der Waals surface area contributed by atoms with E-state index in [-0.39, 0.29) is 50.2 Å². The molecule has 0 aromatic heterocycles. The van der Waals surface area contributed by atoms with Crippen molar-refractivity contribution in [3.8, 4) is 0 Å². The van der Waals surface area contributed by atoms with Gasteiger partial charge in [0.05, 0.1) is 13.0 Å². The monoisotopic (exact) mass is 453 g/mol. The predicted molar refractivity (Wildman–Crippen MR) is 117 cm³/mol. The summed E-state index contributed by atoms with van der Waals surface area (Å²) >= 11 is 0. The molecule has 2 heterocycles. The number of rotatable bonds is 5. The van der Waals surface area contributed by atoms with Gasteiger partial charge in [-0.15, -0.1) is 37.2 Å². The van der Waals surface area contributed by atoms with Gasteiger partial charge in [-0.05, 0) is 31.5 Å². The lowest BCUT2D eigenvalue weighted by molar-refractivity contribution is -0.160. The molecule has 0 unspecified atom stereocenters. The highest BCUT2D eigenvalue weighted by Crippen LogP contribution is 2.14. The fourth-order valence-electron chi connectivity index (χ4n) is 3.60. The Morgan fingerprint density at radius 3 is 2.14 bits per heavy atom. The molecule has 28 heavy (non-hydrogen) atoms. The Morgan fingerprint density at radius 1 is 0.929 bits per heavy atom. The number of nitrogens with zero attached hydrogens (tertiary/aromatic N) is 2. The molecule has 1 N–H and O–H groups in total. The Morgan fingerprint density at radius 2 is 1.54 bits per heavy atom. The minimum absolute atomic E-state index is 0. The van der Waals surface area contributed by atoms with Crippen LogP contribution in [0.2, 0.25) is 0 Å². The minimum atomic E-state index is -0.482. The molecule has 0 bridgehead atoms. The van der Waals surface area contributed by atoms with Crippen molar-refractivity contribution in [1.82, 2.24) is 15.1 Å². The van der Waals surface area contributed by atoms with E-state index in [1.165, 1.54) is 12.8 Å². The molecule has 2 saturated heterocycles. The molecular weight excluding hydrogens is 425 g/mol. The van der Waals surface area contributed by atoms with Gasteiger partial charge in [-0.25, -0.2) is 0 Å². The van der Waals surface area contributed by atoms with Crippen LogP contribution in [0.25, 0.3) is 0 Å². The first-order valence-electron chi connectivity index (χ1n) is 9.15. The maximum atomic E-state index is 12.0. The second-order valence-electron chi connectivity index (χ2n) is 6.80. The summed E-state index contributed by atoms with van der Waals surface area (Å²) < 4.78 is 4.96. The van der Waals surface area contributed by atoms with Crippen LogP contribution < -0.4 is 5.32 Å². The second kappa shape index (κ2) is 14.1. The van der Waals surface area contributed by atoms with Crippen LogP contribution in [0.15, 0.2) is 30.3 Å². The molecule has 2 aliphatic rings. The molecule has 160 valence electrons. The highest BCUT2D eigenvalue weighted by molar-refractivity contribution is 5.87. The molecule has 3 rings (SSSR count). The molecule has 6 nitrogen and oxygen atoms in total. The van der Waals surface area contributed by atoms with Crippen molar-refractivity contribution in [1.29, 1.82) is 0 Å². The van der Waals surface area contributed by atoms with E-state index in [2.05, 4.69) is 15.1 Å². The molecule has 0 radical (unpaired) electrons. The standard InChI is InChI=1S/C19H27N3O3.3ClH/c23-18(14-16-4-2-1-3-5-16)25-19(24)15-21-10-12-22(13-11-21)17-6-8-20-9-7-17;;;/h1-5,17,20H,6-15H2;3*1H. The summed E-state index contributed by atoms with van der Waals surface area (Å²) in [6.07, 6.45) is 2.54. The first-order chi connectivity index (χ1) is 12.2. The summed E-state index contributed by atoms with van der Waals surface area (Å²) in [5.41, 5.74) is 0.857. The third-order valence-corrected chi connectivity index (χ3v) is 5.00. The average Bonchev–Trinajstić information content (AvgIpc) is 2.63.